The molecule has 0 aliphatic heterocycles. The van der Waals surface area contributed by atoms with E-state index in [4.69, 9.17) is 14.2 Å². The molecule has 0 bridgehead atoms. The summed E-state index contributed by atoms with van der Waals surface area (Å²) in [5.74, 6) is 0.0329. The van der Waals surface area contributed by atoms with Crippen molar-refractivity contribution in [2.45, 2.75) is 278 Å². The first-order chi connectivity index (χ1) is 26.9. The maximum Gasteiger partial charge on any atom is 0.306 e. The molecule has 0 aromatic carbocycles. The van der Waals surface area contributed by atoms with E-state index in [9.17, 15) is 14.4 Å². The van der Waals surface area contributed by atoms with Gasteiger partial charge in [0.15, 0.2) is 6.10 Å². The van der Waals surface area contributed by atoms with Crippen molar-refractivity contribution in [3.05, 3.63) is 0 Å². The van der Waals surface area contributed by atoms with Gasteiger partial charge in [0, 0.05) is 19.3 Å². The fraction of sp³-hybridized carbons (Fsp3) is 0.939. The average molecular weight is 779 g/mol. The summed E-state index contributed by atoms with van der Waals surface area (Å²) in [6.07, 6.45) is 44.0. The molecule has 0 fully saturated rings. The van der Waals surface area contributed by atoms with Crippen molar-refractivity contribution in [2.75, 3.05) is 13.2 Å². The predicted octanol–water partition coefficient (Wildman–Crippen LogP) is 15.5. The first-order valence-corrected chi connectivity index (χ1v) is 24.4. The number of hydrogen-bond donors (Lipinski definition) is 0. The van der Waals surface area contributed by atoms with Crippen LogP contribution < -0.4 is 0 Å². The second kappa shape index (κ2) is 43.5. The molecule has 6 nitrogen and oxygen atoms in total. The van der Waals surface area contributed by atoms with E-state index in [1.54, 1.807) is 0 Å². The number of unbranched alkanes of at least 4 members (excludes halogenated alkanes) is 30. The second-order valence-corrected chi connectivity index (χ2v) is 17.0. The molecule has 0 radical (unpaired) electrons. The molecule has 0 saturated carbocycles. The number of carbonyl (C=O) groups is 3. The summed E-state index contributed by atoms with van der Waals surface area (Å²) in [6.45, 7) is 8.98. The summed E-state index contributed by atoms with van der Waals surface area (Å²) in [7, 11) is 0. The Labute approximate surface area is 342 Å². The third-order valence-electron chi connectivity index (χ3n) is 11.4. The van der Waals surface area contributed by atoms with Crippen molar-refractivity contribution in [1.82, 2.24) is 0 Å². The van der Waals surface area contributed by atoms with Crippen molar-refractivity contribution in [3.63, 3.8) is 0 Å². The van der Waals surface area contributed by atoms with Crippen LogP contribution in [-0.4, -0.2) is 37.2 Å². The lowest BCUT2D eigenvalue weighted by atomic mass is 9.99. The summed E-state index contributed by atoms with van der Waals surface area (Å²) < 4.78 is 16.6. The summed E-state index contributed by atoms with van der Waals surface area (Å²) in [4.78, 5) is 37.6. The van der Waals surface area contributed by atoms with E-state index in [-0.39, 0.29) is 31.1 Å². The van der Waals surface area contributed by atoms with Gasteiger partial charge >= 0.3 is 17.9 Å². The predicted molar refractivity (Wildman–Crippen MR) is 233 cm³/mol. The van der Waals surface area contributed by atoms with Crippen LogP contribution in [0.4, 0.5) is 0 Å². The Bertz CT molecular complexity index is 828. The number of carbonyl (C=O) groups excluding carboxylic acids is 3. The Morgan fingerprint density at radius 2 is 0.636 bits per heavy atom. The van der Waals surface area contributed by atoms with Crippen LogP contribution in [0.3, 0.4) is 0 Å². The lowest BCUT2D eigenvalue weighted by molar-refractivity contribution is -0.167. The molecular formula is C49H94O6. The fourth-order valence-corrected chi connectivity index (χ4v) is 7.30. The SMILES string of the molecule is CCCCCCCCCCCCCCCCC(=O)O[C@@H](COC(=O)CCCCCCC)COC(=O)CCCCCCCCCCCCCCCCC(C)CC. The number of hydrogen-bond acceptors (Lipinski definition) is 6. The molecule has 0 heterocycles. The van der Waals surface area contributed by atoms with Gasteiger partial charge in [0.25, 0.3) is 0 Å². The van der Waals surface area contributed by atoms with Crippen LogP contribution in [0.1, 0.15) is 272 Å². The van der Waals surface area contributed by atoms with E-state index < -0.39 is 6.10 Å². The van der Waals surface area contributed by atoms with Gasteiger partial charge in [-0.25, -0.2) is 0 Å². The van der Waals surface area contributed by atoms with Gasteiger partial charge in [-0.2, -0.15) is 0 Å². The zero-order valence-electron chi connectivity index (χ0n) is 37.4. The second-order valence-electron chi connectivity index (χ2n) is 17.0. The van der Waals surface area contributed by atoms with Crippen LogP contribution in [0.15, 0.2) is 0 Å². The molecule has 0 saturated heterocycles. The molecule has 0 aliphatic carbocycles. The zero-order valence-corrected chi connectivity index (χ0v) is 37.4. The van der Waals surface area contributed by atoms with Crippen LogP contribution in [0, 0.1) is 5.92 Å². The molecule has 0 amide bonds. The average Bonchev–Trinajstić information content (AvgIpc) is 3.18. The summed E-state index contributed by atoms with van der Waals surface area (Å²) >= 11 is 0. The van der Waals surface area contributed by atoms with Crippen LogP contribution in [0.5, 0.6) is 0 Å². The minimum absolute atomic E-state index is 0.0642. The van der Waals surface area contributed by atoms with Crippen molar-refractivity contribution >= 4 is 17.9 Å². The quantitative estimate of drug-likeness (QED) is 0.0348. The Hall–Kier alpha value is -1.59. The van der Waals surface area contributed by atoms with Gasteiger partial charge in [-0.1, -0.05) is 233 Å². The smallest absolute Gasteiger partial charge is 0.306 e. The maximum atomic E-state index is 12.7. The minimum atomic E-state index is -0.758. The van der Waals surface area contributed by atoms with Gasteiger partial charge in [0.1, 0.15) is 13.2 Å². The molecular weight excluding hydrogens is 685 g/mol. The number of esters is 3. The Morgan fingerprint density at radius 3 is 0.945 bits per heavy atom. The molecule has 6 heteroatoms. The summed E-state index contributed by atoms with van der Waals surface area (Å²) in [5, 5.41) is 0. The molecule has 0 rings (SSSR count). The molecule has 1 unspecified atom stereocenters. The first kappa shape index (κ1) is 53.4. The van der Waals surface area contributed by atoms with E-state index in [1.807, 2.05) is 0 Å². The van der Waals surface area contributed by atoms with E-state index in [2.05, 4.69) is 27.7 Å². The largest absolute Gasteiger partial charge is 0.462 e. The topological polar surface area (TPSA) is 78.9 Å². The van der Waals surface area contributed by atoms with Gasteiger partial charge in [0.05, 0.1) is 0 Å². The molecule has 55 heavy (non-hydrogen) atoms. The van der Waals surface area contributed by atoms with E-state index >= 15 is 0 Å². The highest BCUT2D eigenvalue weighted by Gasteiger charge is 2.19. The van der Waals surface area contributed by atoms with Gasteiger partial charge in [-0.3, -0.25) is 14.4 Å². The highest BCUT2D eigenvalue weighted by atomic mass is 16.6. The Kier molecular flexibility index (Phi) is 42.3. The molecule has 0 spiro atoms. The minimum Gasteiger partial charge on any atom is -0.462 e. The number of ether oxygens (including phenoxy) is 3. The van der Waals surface area contributed by atoms with Crippen molar-refractivity contribution < 1.29 is 28.6 Å². The van der Waals surface area contributed by atoms with E-state index in [0.29, 0.717) is 19.3 Å². The highest BCUT2D eigenvalue weighted by Crippen LogP contribution is 2.17. The van der Waals surface area contributed by atoms with Crippen molar-refractivity contribution in [3.8, 4) is 0 Å². The van der Waals surface area contributed by atoms with Gasteiger partial charge in [-0.05, 0) is 25.2 Å². The van der Waals surface area contributed by atoms with Crippen LogP contribution >= 0.6 is 0 Å². The molecule has 0 aliphatic rings. The maximum absolute atomic E-state index is 12.7. The Balaban J connectivity index is 4.13. The zero-order chi connectivity index (χ0) is 40.3. The Morgan fingerprint density at radius 1 is 0.364 bits per heavy atom. The van der Waals surface area contributed by atoms with E-state index in [1.165, 1.54) is 161 Å². The van der Waals surface area contributed by atoms with E-state index in [0.717, 1.165) is 70.1 Å². The van der Waals surface area contributed by atoms with Crippen molar-refractivity contribution in [2.24, 2.45) is 5.92 Å². The van der Waals surface area contributed by atoms with Crippen LogP contribution in [-0.2, 0) is 28.6 Å². The molecule has 0 aromatic rings. The van der Waals surface area contributed by atoms with Crippen LogP contribution in [0.25, 0.3) is 0 Å². The monoisotopic (exact) mass is 779 g/mol. The molecule has 2 atom stereocenters. The normalized spacial score (nSPS) is 12.4. The summed E-state index contributed by atoms with van der Waals surface area (Å²) in [6, 6.07) is 0. The fourth-order valence-electron chi connectivity index (χ4n) is 7.30. The highest BCUT2D eigenvalue weighted by molar-refractivity contribution is 5.71. The van der Waals surface area contributed by atoms with Gasteiger partial charge < -0.3 is 14.2 Å². The van der Waals surface area contributed by atoms with Crippen LogP contribution in [0.2, 0.25) is 0 Å². The molecule has 326 valence electrons. The molecule has 0 N–H and O–H groups in total. The van der Waals surface area contributed by atoms with Gasteiger partial charge in [0.2, 0.25) is 0 Å². The lowest BCUT2D eigenvalue weighted by Crippen LogP contribution is -2.30. The number of rotatable bonds is 44. The third-order valence-corrected chi connectivity index (χ3v) is 11.4. The lowest BCUT2D eigenvalue weighted by Gasteiger charge is -2.18. The molecule has 0 aromatic heterocycles. The first-order valence-electron chi connectivity index (χ1n) is 24.4. The standard InChI is InChI=1S/C49H94O6/c1-5-8-10-12-13-14-15-16-20-24-27-30-34-38-42-49(52)55-46(43-53-47(50)40-36-31-11-9-6-2)44-54-48(51)41-37-33-29-26-23-21-18-17-19-22-25-28-32-35-39-45(4)7-3/h45-46H,5-44H2,1-4H3/t45?,46-/m0/s1. The third kappa shape index (κ3) is 41.9. The van der Waals surface area contributed by atoms with Gasteiger partial charge in [-0.15, -0.1) is 0 Å². The van der Waals surface area contributed by atoms with Crippen molar-refractivity contribution in [1.29, 1.82) is 0 Å². The summed E-state index contributed by atoms with van der Waals surface area (Å²) in [5.41, 5.74) is 0.